The van der Waals surface area contributed by atoms with E-state index in [1.807, 2.05) is 47.4 Å². The average Bonchev–Trinajstić information content (AvgIpc) is 3.86. The lowest BCUT2D eigenvalue weighted by Crippen LogP contribution is -2.54. The molecular weight excluding hydrogens is 606 g/mol. The summed E-state index contributed by atoms with van der Waals surface area (Å²) < 4.78 is 22.5. The Balaban J connectivity index is 0.00000417. The molecule has 0 unspecified atom stereocenters. The molecule has 10 heteroatoms. The quantitative estimate of drug-likeness (QED) is 0.254. The van der Waals surface area contributed by atoms with Crippen LogP contribution in [0.25, 0.3) is 11.1 Å². The van der Waals surface area contributed by atoms with Gasteiger partial charge >= 0.3 is 6.09 Å². The van der Waals surface area contributed by atoms with Gasteiger partial charge in [-0.25, -0.2) is 4.79 Å². The molecule has 2 N–H and O–H groups in total. The molecule has 2 amide bonds. The summed E-state index contributed by atoms with van der Waals surface area (Å²) in [6, 6.07) is 22.2. The molecule has 3 aromatic carbocycles. The number of piperidine rings is 1. The van der Waals surface area contributed by atoms with Gasteiger partial charge in [0.2, 0.25) is 5.91 Å². The molecule has 9 nitrogen and oxygen atoms in total. The predicted molar refractivity (Wildman–Crippen MR) is 179 cm³/mol. The molecule has 0 aromatic heterocycles. The first-order valence-corrected chi connectivity index (χ1v) is 15.9. The molecule has 2 atom stereocenters. The van der Waals surface area contributed by atoms with Crippen LogP contribution in [0.1, 0.15) is 48.3 Å². The van der Waals surface area contributed by atoms with Crippen molar-refractivity contribution in [2.45, 2.75) is 50.2 Å². The molecule has 0 spiro atoms. The molecule has 3 aliphatic rings. The molecule has 1 saturated heterocycles. The molecule has 246 valence electrons. The van der Waals surface area contributed by atoms with Crippen LogP contribution in [0.4, 0.5) is 4.79 Å². The first-order chi connectivity index (χ1) is 21.9. The Morgan fingerprint density at radius 3 is 2.24 bits per heavy atom. The summed E-state index contributed by atoms with van der Waals surface area (Å²) in [5, 5.41) is 0. The molecule has 0 bridgehead atoms. The van der Waals surface area contributed by atoms with Crippen LogP contribution in [0.15, 0.2) is 66.7 Å². The number of likely N-dealkylation sites (tertiary alicyclic amines) is 1. The second-order valence-corrected chi connectivity index (χ2v) is 12.3. The molecule has 1 saturated carbocycles. The van der Waals surface area contributed by atoms with Crippen LogP contribution in [0.3, 0.4) is 0 Å². The van der Waals surface area contributed by atoms with Crippen LogP contribution >= 0.6 is 12.4 Å². The van der Waals surface area contributed by atoms with Crippen molar-refractivity contribution in [3.05, 3.63) is 83.4 Å². The number of hydrogen-bond donors (Lipinski definition) is 1. The number of amides is 2. The zero-order chi connectivity index (χ0) is 31.3. The molecule has 1 heterocycles. The summed E-state index contributed by atoms with van der Waals surface area (Å²) in [5.74, 6) is 0.974. The first kappa shape index (κ1) is 33.6. The molecule has 46 heavy (non-hydrogen) atoms. The molecule has 2 fully saturated rings. The Morgan fingerprint density at radius 2 is 1.59 bits per heavy atom. The van der Waals surface area contributed by atoms with Crippen molar-refractivity contribution in [1.82, 2.24) is 9.80 Å². The van der Waals surface area contributed by atoms with Gasteiger partial charge in [0.15, 0.2) is 0 Å². The highest BCUT2D eigenvalue weighted by Gasteiger charge is 2.40. The van der Waals surface area contributed by atoms with E-state index >= 15 is 0 Å². The minimum Gasteiger partial charge on any atom is -0.497 e. The van der Waals surface area contributed by atoms with Crippen LogP contribution in [-0.4, -0.2) is 81.0 Å². The van der Waals surface area contributed by atoms with Crippen LogP contribution < -0.4 is 15.2 Å². The van der Waals surface area contributed by atoms with Crippen molar-refractivity contribution in [3.8, 4) is 22.6 Å². The number of fused-ring (bicyclic) bond motifs is 3. The summed E-state index contributed by atoms with van der Waals surface area (Å²) in [4.78, 5) is 31.0. The Bertz CT molecular complexity index is 1470. The van der Waals surface area contributed by atoms with Gasteiger partial charge in [-0.1, -0.05) is 48.5 Å². The number of rotatable bonds is 12. The third kappa shape index (κ3) is 7.60. The number of nitrogens with two attached hydrogens (primary N) is 1. The topological polar surface area (TPSA) is 104 Å². The maximum absolute atomic E-state index is 14.0. The second-order valence-electron chi connectivity index (χ2n) is 12.3. The molecular formula is C36H44ClN3O6. The minimum atomic E-state index is -0.425. The largest absolute Gasteiger partial charge is 0.497 e. The molecule has 6 rings (SSSR count). The average molecular weight is 650 g/mol. The Morgan fingerprint density at radius 1 is 0.913 bits per heavy atom. The number of ether oxygens (including phenoxy) is 4. The van der Waals surface area contributed by atoms with E-state index in [0.29, 0.717) is 50.8 Å². The Kier molecular flexibility index (Phi) is 11.1. The zero-order valence-electron chi connectivity index (χ0n) is 26.6. The lowest BCUT2D eigenvalue weighted by Gasteiger charge is -2.37. The van der Waals surface area contributed by atoms with Crippen molar-refractivity contribution in [1.29, 1.82) is 0 Å². The van der Waals surface area contributed by atoms with Gasteiger partial charge < -0.3 is 34.5 Å². The lowest BCUT2D eigenvalue weighted by atomic mass is 9.93. The zero-order valence-corrected chi connectivity index (χ0v) is 27.4. The SMILES string of the molecule is COCCCOc1cc(CN(C(=O)[C@H]2C[C@@H](N)CN(C(=O)OCC3c4ccccc4-c4ccccc43)C2)C2CC2)cc(OC)c1.Cl. The van der Waals surface area contributed by atoms with Gasteiger partial charge in [0.1, 0.15) is 18.1 Å². The first-order valence-electron chi connectivity index (χ1n) is 15.9. The number of carbonyl (C=O) groups is 2. The minimum absolute atomic E-state index is 0. The fourth-order valence-corrected chi connectivity index (χ4v) is 6.67. The van der Waals surface area contributed by atoms with Gasteiger partial charge in [0.05, 0.1) is 19.6 Å². The van der Waals surface area contributed by atoms with Crippen LogP contribution in [0, 0.1) is 5.92 Å². The van der Waals surface area contributed by atoms with E-state index in [0.717, 1.165) is 36.0 Å². The van der Waals surface area contributed by atoms with Crippen LogP contribution in [0.5, 0.6) is 11.5 Å². The highest BCUT2D eigenvalue weighted by Crippen LogP contribution is 2.44. The number of nitrogens with zero attached hydrogens (tertiary/aromatic N) is 2. The molecule has 1 aliphatic heterocycles. The van der Waals surface area contributed by atoms with Crippen molar-refractivity contribution in [3.63, 3.8) is 0 Å². The van der Waals surface area contributed by atoms with Crippen molar-refractivity contribution >= 4 is 24.4 Å². The molecule has 2 aliphatic carbocycles. The summed E-state index contributed by atoms with van der Waals surface area (Å²) in [7, 11) is 3.29. The van der Waals surface area contributed by atoms with Gasteiger partial charge in [-0.2, -0.15) is 0 Å². The highest BCUT2D eigenvalue weighted by atomic mass is 35.5. The monoisotopic (exact) mass is 649 g/mol. The summed E-state index contributed by atoms with van der Waals surface area (Å²) in [6.07, 6.45) is 2.81. The third-order valence-electron chi connectivity index (χ3n) is 8.99. The van der Waals surface area contributed by atoms with Crippen molar-refractivity contribution < 1.29 is 28.5 Å². The van der Waals surface area contributed by atoms with Crippen LogP contribution in [0.2, 0.25) is 0 Å². The van der Waals surface area contributed by atoms with Gasteiger partial charge in [-0.3, -0.25) is 4.79 Å². The molecule has 3 aromatic rings. The van der Waals surface area contributed by atoms with E-state index in [-0.39, 0.29) is 42.9 Å². The number of benzene rings is 3. The van der Waals surface area contributed by atoms with E-state index < -0.39 is 12.0 Å². The fraction of sp³-hybridized carbons (Fsp3) is 0.444. The van der Waals surface area contributed by atoms with E-state index in [2.05, 4.69) is 24.3 Å². The number of halogens is 1. The maximum Gasteiger partial charge on any atom is 0.409 e. The summed E-state index contributed by atoms with van der Waals surface area (Å²) in [5.41, 5.74) is 12.1. The van der Waals surface area contributed by atoms with Gasteiger partial charge in [0.25, 0.3) is 0 Å². The smallest absolute Gasteiger partial charge is 0.409 e. The normalized spacial score (nSPS) is 18.6. The summed E-state index contributed by atoms with van der Waals surface area (Å²) in [6.45, 7) is 2.47. The number of hydrogen-bond acceptors (Lipinski definition) is 7. The predicted octanol–water partition coefficient (Wildman–Crippen LogP) is 5.62. The van der Waals surface area contributed by atoms with Crippen molar-refractivity contribution in [2.75, 3.05) is 47.1 Å². The van der Waals surface area contributed by atoms with Crippen LogP contribution in [-0.2, 0) is 20.8 Å². The van der Waals surface area contributed by atoms with Crippen molar-refractivity contribution in [2.24, 2.45) is 11.7 Å². The standard InChI is InChI=1S/C36H43N3O6.ClH/c1-42-14-7-15-44-29-17-24(16-28(19-29)43-2)20-39(27-12-13-27)35(40)25-18-26(37)22-38(21-25)36(41)45-23-34-32-10-5-3-8-30(32)31-9-4-6-11-33(31)34;/h3-6,8-11,16-17,19,25-27,34H,7,12-15,18,20-23,37H2,1-2H3;1H/t25-,26+;/m0./s1. The van der Waals surface area contributed by atoms with E-state index in [1.165, 1.54) is 11.1 Å². The number of methoxy groups -OCH3 is 2. The van der Waals surface area contributed by atoms with Gasteiger partial charge in [-0.05, 0) is 59.2 Å². The summed E-state index contributed by atoms with van der Waals surface area (Å²) >= 11 is 0. The maximum atomic E-state index is 14.0. The Hall–Kier alpha value is -3.79. The van der Waals surface area contributed by atoms with E-state index in [4.69, 9.17) is 24.7 Å². The fourth-order valence-electron chi connectivity index (χ4n) is 6.67. The van der Waals surface area contributed by atoms with Gasteiger partial charge in [-0.15, -0.1) is 12.4 Å². The third-order valence-corrected chi connectivity index (χ3v) is 8.99. The molecule has 0 radical (unpaired) electrons. The lowest BCUT2D eigenvalue weighted by molar-refractivity contribution is -0.138. The van der Waals surface area contributed by atoms with E-state index in [9.17, 15) is 9.59 Å². The van der Waals surface area contributed by atoms with Gasteiger partial charge in [0, 0.05) is 63.8 Å². The highest BCUT2D eigenvalue weighted by molar-refractivity contribution is 5.85. The number of carbonyl (C=O) groups excluding carboxylic acids is 2. The van der Waals surface area contributed by atoms with E-state index in [1.54, 1.807) is 19.1 Å². The second kappa shape index (κ2) is 15.2. The Labute approximate surface area is 277 Å².